The van der Waals surface area contributed by atoms with Crippen LogP contribution in [0.4, 0.5) is 36.4 Å². The van der Waals surface area contributed by atoms with Gasteiger partial charge in [-0.3, -0.25) is 9.48 Å². The van der Waals surface area contributed by atoms with Crippen molar-refractivity contribution in [3.05, 3.63) is 99.8 Å². The summed E-state index contributed by atoms with van der Waals surface area (Å²) >= 11 is 0. The second kappa shape index (κ2) is 10.2. The molecule has 1 N–H and O–H groups in total. The zero-order valence-electron chi connectivity index (χ0n) is 19.7. The number of rotatable bonds is 7. The fourth-order valence-electron chi connectivity index (χ4n) is 3.62. The minimum atomic E-state index is -4.49. The molecule has 0 radical (unpaired) electrons. The van der Waals surface area contributed by atoms with Crippen molar-refractivity contribution in [3.8, 4) is 5.75 Å². The molecule has 0 unspecified atom stereocenters. The first-order valence-electron chi connectivity index (χ1n) is 10.9. The largest absolute Gasteiger partial charge is 0.479 e. The summed E-state index contributed by atoms with van der Waals surface area (Å²) in [7, 11) is 0. The van der Waals surface area contributed by atoms with Gasteiger partial charge in [0.25, 0.3) is 5.91 Å². The summed E-state index contributed by atoms with van der Waals surface area (Å²) in [5, 5.41) is 6.88. The third kappa shape index (κ3) is 5.50. The standard InChI is InChI=1S/C25H18F7N3O3/c1-12-22(13(2)35(34-12)10-14-4-3-5-15(8-14)25(30,31)32)33-24(36)19-7-6-16(38-19)11-37-23-20(28)17(26)9-18(27)21(23)29/h3-9H,10-11H2,1-2H3,(H,33,36). The fraction of sp³-hybridized carbons (Fsp3) is 0.200. The molecule has 13 heteroatoms. The number of furan rings is 1. The first kappa shape index (κ1) is 26.8. The van der Waals surface area contributed by atoms with Crippen molar-refractivity contribution in [1.29, 1.82) is 0 Å². The number of aromatic nitrogens is 2. The lowest BCUT2D eigenvalue weighted by Gasteiger charge is -2.10. The van der Waals surface area contributed by atoms with Gasteiger partial charge in [0.1, 0.15) is 12.4 Å². The van der Waals surface area contributed by atoms with Gasteiger partial charge in [0.05, 0.1) is 29.2 Å². The number of amides is 1. The Labute approximate surface area is 210 Å². The molecule has 4 aromatic rings. The summed E-state index contributed by atoms with van der Waals surface area (Å²) in [6.45, 7) is 2.58. The maximum atomic E-state index is 13.7. The van der Waals surface area contributed by atoms with Crippen LogP contribution in [0.3, 0.4) is 0 Å². The molecule has 2 aromatic carbocycles. The zero-order chi connectivity index (χ0) is 27.8. The summed E-state index contributed by atoms with van der Waals surface area (Å²) in [5.74, 6) is -9.02. The quantitative estimate of drug-likeness (QED) is 0.213. The third-order valence-electron chi connectivity index (χ3n) is 5.52. The molecule has 0 aliphatic heterocycles. The molecule has 0 saturated carbocycles. The number of nitrogens with zero attached hydrogens (tertiary/aromatic N) is 2. The van der Waals surface area contributed by atoms with Gasteiger partial charge in [-0.1, -0.05) is 12.1 Å². The SMILES string of the molecule is Cc1nn(Cc2cccc(C(F)(F)F)c2)c(C)c1NC(=O)c1ccc(COc2c(F)c(F)cc(F)c2F)o1. The second-order valence-electron chi connectivity index (χ2n) is 8.21. The Kier molecular flexibility index (Phi) is 7.20. The highest BCUT2D eigenvalue weighted by Gasteiger charge is 2.30. The highest BCUT2D eigenvalue weighted by molar-refractivity contribution is 6.02. The van der Waals surface area contributed by atoms with Crippen molar-refractivity contribution >= 4 is 11.6 Å². The van der Waals surface area contributed by atoms with Crippen molar-refractivity contribution in [1.82, 2.24) is 9.78 Å². The average molecular weight is 541 g/mol. The van der Waals surface area contributed by atoms with E-state index >= 15 is 0 Å². The zero-order valence-corrected chi connectivity index (χ0v) is 19.7. The third-order valence-corrected chi connectivity index (χ3v) is 5.52. The Morgan fingerprint density at radius 2 is 1.71 bits per heavy atom. The molecule has 1 amide bonds. The van der Waals surface area contributed by atoms with Crippen LogP contribution in [0.1, 0.15) is 38.8 Å². The Morgan fingerprint density at radius 3 is 2.37 bits per heavy atom. The first-order chi connectivity index (χ1) is 17.8. The van der Waals surface area contributed by atoms with E-state index in [1.165, 1.54) is 28.9 Å². The van der Waals surface area contributed by atoms with Gasteiger partial charge in [-0.2, -0.15) is 27.1 Å². The summed E-state index contributed by atoms with van der Waals surface area (Å²) in [4.78, 5) is 12.7. The van der Waals surface area contributed by atoms with E-state index in [1.54, 1.807) is 13.8 Å². The van der Waals surface area contributed by atoms with Gasteiger partial charge in [-0.15, -0.1) is 0 Å². The van der Waals surface area contributed by atoms with Crippen molar-refractivity contribution in [3.63, 3.8) is 0 Å². The minimum absolute atomic E-state index is 0.0164. The van der Waals surface area contributed by atoms with Gasteiger partial charge in [-0.25, -0.2) is 8.78 Å². The molecule has 0 spiro atoms. The number of hydrogen-bond acceptors (Lipinski definition) is 4. The van der Waals surface area contributed by atoms with Crippen LogP contribution >= 0.6 is 0 Å². The van der Waals surface area contributed by atoms with Crippen LogP contribution in [0.25, 0.3) is 0 Å². The van der Waals surface area contributed by atoms with Gasteiger partial charge >= 0.3 is 6.18 Å². The van der Waals surface area contributed by atoms with Crippen molar-refractivity contribution in [2.75, 3.05) is 5.32 Å². The molecule has 0 fully saturated rings. The molecule has 2 heterocycles. The number of hydrogen-bond donors (Lipinski definition) is 1. The molecule has 2 aromatic heterocycles. The lowest BCUT2D eigenvalue weighted by Crippen LogP contribution is -2.13. The van der Waals surface area contributed by atoms with E-state index in [4.69, 9.17) is 9.15 Å². The topological polar surface area (TPSA) is 69.3 Å². The number of benzene rings is 2. The molecule has 0 aliphatic rings. The molecule has 38 heavy (non-hydrogen) atoms. The second-order valence-corrected chi connectivity index (χ2v) is 8.21. The Bertz CT molecular complexity index is 1480. The number of ether oxygens (including phenoxy) is 1. The van der Waals surface area contributed by atoms with E-state index in [2.05, 4.69) is 10.4 Å². The maximum absolute atomic E-state index is 13.7. The van der Waals surface area contributed by atoms with Gasteiger partial charge < -0.3 is 14.5 Å². The predicted octanol–water partition coefficient (Wildman–Crippen LogP) is 6.55. The van der Waals surface area contributed by atoms with E-state index in [1.807, 2.05) is 0 Å². The van der Waals surface area contributed by atoms with E-state index in [0.29, 0.717) is 22.6 Å². The predicted molar refractivity (Wildman–Crippen MR) is 120 cm³/mol. The van der Waals surface area contributed by atoms with E-state index < -0.39 is 53.3 Å². The molecule has 0 atom stereocenters. The smallest absolute Gasteiger partial charge is 0.416 e. The number of alkyl halides is 3. The number of halogens is 7. The minimum Gasteiger partial charge on any atom is -0.479 e. The summed E-state index contributed by atoms with van der Waals surface area (Å²) in [6, 6.07) is 7.32. The molecule has 0 bridgehead atoms. The molecule has 6 nitrogen and oxygen atoms in total. The van der Waals surface area contributed by atoms with Crippen LogP contribution in [0, 0.1) is 37.1 Å². The Morgan fingerprint density at radius 1 is 1.03 bits per heavy atom. The van der Waals surface area contributed by atoms with E-state index in [0.717, 1.165) is 12.1 Å². The number of nitrogens with one attached hydrogen (secondary N) is 1. The lowest BCUT2D eigenvalue weighted by atomic mass is 10.1. The fourth-order valence-corrected chi connectivity index (χ4v) is 3.62. The first-order valence-corrected chi connectivity index (χ1v) is 10.9. The summed E-state index contributed by atoms with van der Waals surface area (Å²) in [5.41, 5.74) is 0.704. The van der Waals surface area contributed by atoms with Crippen molar-refractivity contribution in [2.45, 2.75) is 33.2 Å². The molecule has 4 rings (SSSR count). The Hall–Kier alpha value is -4.29. The number of carbonyl (C=O) groups excluding carboxylic acids is 1. The van der Waals surface area contributed by atoms with Crippen LogP contribution in [0.5, 0.6) is 5.75 Å². The normalized spacial score (nSPS) is 11.6. The van der Waals surface area contributed by atoms with Crippen LogP contribution in [-0.2, 0) is 19.3 Å². The molecule has 0 saturated heterocycles. The van der Waals surface area contributed by atoms with Gasteiger partial charge in [-0.05, 0) is 43.7 Å². The van der Waals surface area contributed by atoms with Crippen LogP contribution < -0.4 is 10.1 Å². The van der Waals surface area contributed by atoms with Gasteiger partial charge in [0.2, 0.25) is 11.6 Å². The maximum Gasteiger partial charge on any atom is 0.416 e. The summed E-state index contributed by atoms with van der Waals surface area (Å²) in [6.07, 6.45) is -4.49. The van der Waals surface area contributed by atoms with Crippen LogP contribution in [0.15, 0.2) is 46.9 Å². The van der Waals surface area contributed by atoms with Crippen molar-refractivity contribution < 1.29 is 44.7 Å². The Balaban J connectivity index is 1.45. The average Bonchev–Trinajstić information content (AvgIpc) is 3.43. The molecule has 0 aliphatic carbocycles. The van der Waals surface area contributed by atoms with Gasteiger partial charge in [0, 0.05) is 6.07 Å². The lowest BCUT2D eigenvalue weighted by molar-refractivity contribution is -0.137. The van der Waals surface area contributed by atoms with Crippen molar-refractivity contribution in [2.24, 2.45) is 0 Å². The van der Waals surface area contributed by atoms with Crippen LogP contribution in [-0.4, -0.2) is 15.7 Å². The molecule has 200 valence electrons. The number of anilines is 1. The van der Waals surface area contributed by atoms with E-state index in [-0.39, 0.29) is 24.1 Å². The monoisotopic (exact) mass is 541 g/mol. The number of carbonyl (C=O) groups is 1. The molecular weight excluding hydrogens is 523 g/mol. The summed E-state index contributed by atoms with van der Waals surface area (Å²) < 4.78 is 105. The highest BCUT2D eigenvalue weighted by Crippen LogP contribution is 2.30. The number of aryl methyl sites for hydroxylation is 1. The van der Waals surface area contributed by atoms with E-state index in [9.17, 15) is 35.5 Å². The van der Waals surface area contributed by atoms with Gasteiger partial charge in [0.15, 0.2) is 23.1 Å². The molecular formula is C25H18F7N3O3. The highest BCUT2D eigenvalue weighted by atomic mass is 19.4. The van der Waals surface area contributed by atoms with Crippen LogP contribution in [0.2, 0.25) is 0 Å².